The highest BCUT2D eigenvalue weighted by Gasteiger charge is 2.14. The molecule has 0 amide bonds. The smallest absolute Gasteiger partial charge is 0.137 e. The van der Waals surface area contributed by atoms with E-state index in [1.54, 1.807) is 6.07 Å². The predicted octanol–water partition coefficient (Wildman–Crippen LogP) is 5.13. The second kappa shape index (κ2) is 7.21. The van der Waals surface area contributed by atoms with E-state index in [1.807, 2.05) is 30.3 Å². The van der Waals surface area contributed by atoms with Crippen LogP contribution in [0.3, 0.4) is 0 Å². The molecule has 0 saturated heterocycles. The number of rotatable bonds is 5. The summed E-state index contributed by atoms with van der Waals surface area (Å²) in [7, 11) is 0. The van der Waals surface area contributed by atoms with Gasteiger partial charge in [-0.05, 0) is 58.2 Å². The number of halogens is 3. The number of hydrogen-bond donors (Lipinski definition) is 1. The van der Waals surface area contributed by atoms with E-state index in [2.05, 4.69) is 28.2 Å². The van der Waals surface area contributed by atoms with Gasteiger partial charge in [0.1, 0.15) is 5.82 Å². The van der Waals surface area contributed by atoms with Crippen LogP contribution in [0.4, 0.5) is 4.39 Å². The molecule has 1 unspecified atom stereocenters. The summed E-state index contributed by atoms with van der Waals surface area (Å²) in [5.41, 5.74) is 2.13. The van der Waals surface area contributed by atoms with Crippen LogP contribution >= 0.6 is 27.5 Å². The molecule has 0 saturated carbocycles. The Hall–Kier alpha value is -0.900. The molecular weight excluding hydrogens is 341 g/mol. The van der Waals surface area contributed by atoms with Gasteiger partial charge in [-0.1, -0.05) is 42.8 Å². The van der Waals surface area contributed by atoms with Gasteiger partial charge in [0, 0.05) is 11.1 Å². The van der Waals surface area contributed by atoms with Crippen LogP contribution in [0.2, 0.25) is 5.02 Å². The fraction of sp³-hybridized carbons (Fsp3) is 0.250. The van der Waals surface area contributed by atoms with E-state index in [-0.39, 0.29) is 11.9 Å². The SMILES string of the molecule is CCNC(Cc1ccc(F)c(Br)c1)c1ccccc1Cl. The zero-order chi connectivity index (χ0) is 14.5. The van der Waals surface area contributed by atoms with Gasteiger partial charge >= 0.3 is 0 Å². The zero-order valence-electron chi connectivity index (χ0n) is 11.2. The van der Waals surface area contributed by atoms with Crippen molar-refractivity contribution in [2.75, 3.05) is 6.54 Å². The van der Waals surface area contributed by atoms with Gasteiger partial charge in [-0.3, -0.25) is 0 Å². The third kappa shape index (κ3) is 3.81. The molecule has 0 radical (unpaired) electrons. The Kier molecular flexibility index (Phi) is 5.58. The first-order chi connectivity index (χ1) is 9.61. The number of likely N-dealkylation sites (N-methyl/N-ethyl adjacent to an activating group) is 1. The summed E-state index contributed by atoms with van der Waals surface area (Å²) in [4.78, 5) is 0. The van der Waals surface area contributed by atoms with Gasteiger partial charge < -0.3 is 5.32 Å². The lowest BCUT2D eigenvalue weighted by molar-refractivity contribution is 0.548. The first-order valence-electron chi connectivity index (χ1n) is 6.53. The maximum absolute atomic E-state index is 13.3. The molecule has 1 nitrogen and oxygen atoms in total. The van der Waals surface area contributed by atoms with Gasteiger partial charge in [0.15, 0.2) is 0 Å². The Bertz CT molecular complexity index is 588. The molecule has 2 aromatic rings. The van der Waals surface area contributed by atoms with E-state index >= 15 is 0 Å². The van der Waals surface area contributed by atoms with Crippen molar-refractivity contribution < 1.29 is 4.39 Å². The van der Waals surface area contributed by atoms with Crippen LogP contribution in [-0.4, -0.2) is 6.54 Å². The standard InChI is InChI=1S/C16H16BrClFN/c1-2-20-16(12-5-3-4-6-14(12)18)10-11-7-8-15(19)13(17)9-11/h3-9,16,20H,2,10H2,1H3. The van der Waals surface area contributed by atoms with Crippen molar-refractivity contribution in [1.82, 2.24) is 5.32 Å². The zero-order valence-corrected chi connectivity index (χ0v) is 13.5. The first kappa shape index (κ1) is 15.5. The molecule has 1 N–H and O–H groups in total. The molecule has 0 fully saturated rings. The lowest BCUT2D eigenvalue weighted by Crippen LogP contribution is -2.23. The third-order valence-electron chi connectivity index (χ3n) is 3.16. The number of hydrogen-bond acceptors (Lipinski definition) is 1. The second-order valence-electron chi connectivity index (χ2n) is 4.58. The van der Waals surface area contributed by atoms with E-state index in [0.29, 0.717) is 4.47 Å². The van der Waals surface area contributed by atoms with Gasteiger partial charge in [-0.15, -0.1) is 0 Å². The summed E-state index contributed by atoms with van der Waals surface area (Å²) in [6.07, 6.45) is 0.760. The molecule has 0 spiro atoms. The van der Waals surface area contributed by atoms with Crippen LogP contribution in [0.1, 0.15) is 24.1 Å². The molecular formula is C16H16BrClFN. The van der Waals surface area contributed by atoms with Crippen LogP contribution in [0.15, 0.2) is 46.9 Å². The maximum Gasteiger partial charge on any atom is 0.137 e. The van der Waals surface area contributed by atoms with Crippen LogP contribution in [-0.2, 0) is 6.42 Å². The van der Waals surface area contributed by atoms with Crippen molar-refractivity contribution in [3.8, 4) is 0 Å². The molecule has 1 atom stereocenters. The van der Waals surface area contributed by atoms with E-state index < -0.39 is 0 Å². The largest absolute Gasteiger partial charge is 0.310 e. The molecule has 2 aromatic carbocycles. The minimum absolute atomic E-state index is 0.117. The summed E-state index contributed by atoms with van der Waals surface area (Å²) in [5.74, 6) is -0.244. The summed E-state index contributed by atoms with van der Waals surface area (Å²) in [6.45, 7) is 2.91. The highest BCUT2D eigenvalue weighted by Crippen LogP contribution is 2.27. The van der Waals surface area contributed by atoms with E-state index in [4.69, 9.17) is 11.6 Å². The Labute approximate surface area is 132 Å². The molecule has 106 valence electrons. The van der Waals surface area contributed by atoms with Crippen LogP contribution in [0, 0.1) is 5.82 Å². The second-order valence-corrected chi connectivity index (χ2v) is 5.85. The topological polar surface area (TPSA) is 12.0 Å². The van der Waals surface area contributed by atoms with Gasteiger partial charge in [-0.25, -0.2) is 4.39 Å². The molecule has 0 aliphatic carbocycles. The third-order valence-corrected chi connectivity index (χ3v) is 4.11. The van der Waals surface area contributed by atoms with Gasteiger partial charge in [0.05, 0.1) is 4.47 Å². The Morgan fingerprint density at radius 3 is 2.65 bits per heavy atom. The average molecular weight is 357 g/mol. The lowest BCUT2D eigenvalue weighted by Gasteiger charge is -2.20. The number of benzene rings is 2. The van der Waals surface area contributed by atoms with Gasteiger partial charge in [0.2, 0.25) is 0 Å². The molecule has 0 aromatic heterocycles. The molecule has 4 heteroatoms. The van der Waals surface area contributed by atoms with Gasteiger partial charge in [0.25, 0.3) is 0 Å². The number of nitrogens with one attached hydrogen (secondary N) is 1. The fourth-order valence-electron chi connectivity index (χ4n) is 2.20. The van der Waals surface area contributed by atoms with Crippen molar-refractivity contribution in [3.63, 3.8) is 0 Å². The molecule has 0 aliphatic heterocycles. The van der Waals surface area contributed by atoms with Crippen molar-refractivity contribution in [3.05, 3.63) is 68.9 Å². The summed E-state index contributed by atoms with van der Waals surface area (Å²) < 4.78 is 13.8. The van der Waals surface area contributed by atoms with Crippen molar-refractivity contribution in [2.24, 2.45) is 0 Å². The summed E-state index contributed by atoms with van der Waals surface area (Å²) in [5, 5.41) is 4.18. The lowest BCUT2D eigenvalue weighted by atomic mass is 9.98. The summed E-state index contributed by atoms with van der Waals surface area (Å²) in [6, 6.07) is 13.0. The van der Waals surface area contributed by atoms with Crippen LogP contribution < -0.4 is 5.32 Å². The van der Waals surface area contributed by atoms with E-state index in [0.717, 1.165) is 29.1 Å². The Balaban J connectivity index is 2.25. The Morgan fingerprint density at radius 1 is 1.25 bits per heavy atom. The van der Waals surface area contributed by atoms with Crippen LogP contribution in [0.5, 0.6) is 0 Å². The molecule has 20 heavy (non-hydrogen) atoms. The van der Waals surface area contributed by atoms with E-state index in [9.17, 15) is 4.39 Å². The van der Waals surface area contributed by atoms with Crippen molar-refractivity contribution >= 4 is 27.5 Å². The monoisotopic (exact) mass is 355 g/mol. The average Bonchev–Trinajstić information content (AvgIpc) is 2.43. The van der Waals surface area contributed by atoms with Crippen LogP contribution in [0.25, 0.3) is 0 Å². The van der Waals surface area contributed by atoms with Gasteiger partial charge in [-0.2, -0.15) is 0 Å². The molecule has 2 rings (SSSR count). The minimum atomic E-state index is -0.244. The summed E-state index contributed by atoms with van der Waals surface area (Å²) >= 11 is 9.49. The highest BCUT2D eigenvalue weighted by molar-refractivity contribution is 9.10. The minimum Gasteiger partial charge on any atom is -0.310 e. The van der Waals surface area contributed by atoms with Crippen molar-refractivity contribution in [1.29, 1.82) is 0 Å². The van der Waals surface area contributed by atoms with Crippen molar-refractivity contribution in [2.45, 2.75) is 19.4 Å². The molecule has 0 bridgehead atoms. The predicted molar refractivity (Wildman–Crippen MR) is 85.7 cm³/mol. The van der Waals surface area contributed by atoms with E-state index in [1.165, 1.54) is 6.07 Å². The Morgan fingerprint density at radius 2 is 2.00 bits per heavy atom. The first-order valence-corrected chi connectivity index (χ1v) is 7.70. The highest BCUT2D eigenvalue weighted by atomic mass is 79.9. The molecule has 0 heterocycles. The quantitative estimate of drug-likeness (QED) is 0.782. The maximum atomic E-state index is 13.3. The fourth-order valence-corrected chi connectivity index (χ4v) is 2.89. The normalized spacial score (nSPS) is 12.4. The molecule has 0 aliphatic rings.